The number of carbonyl (C=O) groups excluding carboxylic acids is 6. The van der Waals surface area contributed by atoms with Crippen molar-refractivity contribution < 1.29 is 33.9 Å². The van der Waals surface area contributed by atoms with Gasteiger partial charge in [0.15, 0.2) is 0 Å². The van der Waals surface area contributed by atoms with Crippen molar-refractivity contribution in [2.45, 2.75) is 102 Å². The average Bonchev–Trinajstić information content (AvgIpc) is 3.70. The lowest BCUT2D eigenvalue weighted by Gasteiger charge is -2.30. The van der Waals surface area contributed by atoms with Crippen molar-refractivity contribution in [2.75, 3.05) is 13.2 Å². The number of aliphatic hydroxyl groups excluding tert-OH is 1. The van der Waals surface area contributed by atoms with Crippen molar-refractivity contribution >= 4 is 46.8 Å². The fourth-order valence-corrected chi connectivity index (χ4v) is 7.91. The molecule has 2 aliphatic heterocycles. The number of hydrogen-bond acceptors (Lipinski definition) is 8. The Kier molecular flexibility index (Phi) is 11.7. The lowest BCUT2D eigenvalue weighted by molar-refractivity contribution is -0.143. The van der Waals surface area contributed by atoms with E-state index >= 15 is 0 Å². The summed E-state index contributed by atoms with van der Waals surface area (Å²) < 4.78 is 0. The van der Waals surface area contributed by atoms with Crippen LogP contribution in [-0.2, 0) is 36.8 Å². The second-order valence-corrected chi connectivity index (χ2v) is 14.5. The predicted octanol–water partition coefficient (Wildman–Crippen LogP) is 1.10. The van der Waals surface area contributed by atoms with Crippen LogP contribution in [0, 0.1) is 5.92 Å². The fraction of sp³-hybridized carbons (Fsp3) is 0.543. The third kappa shape index (κ3) is 8.66. The highest BCUT2D eigenvalue weighted by molar-refractivity contribution is 7.10. The number of amides is 6. The minimum Gasteiger partial charge on any atom is -0.394 e. The molecule has 6 N–H and O–H groups in total. The van der Waals surface area contributed by atoms with E-state index in [0.29, 0.717) is 11.1 Å². The van der Waals surface area contributed by atoms with Gasteiger partial charge in [-0.15, -0.1) is 11.3 Å². The number of nitrogens with zero attached hydrogens (tertiary/aromatic N) is 1. The Morgan fingerprint density at radius 3 is 2.41 bits per heavy atom. The standard InChI is InChI=1S/C35H46N6O7S/c1-19(2)13-26-33(46)40-27(17-42)35(48)41-16-22(37-32(45)24-18-49-29-12-8-7-11-23(24)29)14-28(41)34(47)36-20(3)31(44)39-25(15-30(43)38-26)21-9-5-4-6-10-21/h4-6,9-10,18-20,22,25-28,42H,7-8,11-17H2,1-3H3,(H,36,47)(H,37,45)(H,38,43)(H,39,44)(H,40,46)/t20-,22-,25-,26-,27-,28-/m0/s1. The fourth-order valence-electron chi connectivity index (χ4n) is 6.79. The molecular weight excluding hydrogens is 648 g/mol. The molecule has 1 aromatic heterocycles. The van der Waals surface area contributed by atoms with E-state index in [1.807, 2.05) is 25.3 Å². The van der Waals surface area contributed by atoms with E-state index in [1.54, 1.807) is 35.6 Å². The Bertz CT molecular complexity index is 1560. The van der Waals surface area contributed by atoms with Crippen LogP contribution in [-0.4, -0.2) is 88.8 Å². The quantitative estimate of drug-likeness (QED) is 0.261. The lowest BCUT2D eigenvalue weighted by atomic mass is 9.95. The lowest BCUT2D eigenvalue weighted by Crippen LogP contribution is -2.59. The number of carbonyl (C=O) groups is 6. The van der Waals surface area contributed by atoms with Crippen LogP contribution in [0.2, 0.25) is 0 Å². The van der Waals surface area contributed by atoms with Crippen LogP contribution >= 0.6 is 11.3 Å². The SMILES string of the molecule is CC(C)C[C@@H]1NC(=O)C[C@@H](c2ccccc2)NC(=O)[C@H](C)NC(=O)[C@@H]2C[C@H](NC(=O)c3csc4c3CCCC4)CN2C(=O)[C@H](CO)NC1=O. The first-order valence-electron chi connectivity index (χ1n) is 17.0. The zero-order chi connectivity index (χ0) is 35.2. The minimum absolute atomic E-state index is 0.0136. The molecule has 0 saturated carbocycles. The van der Waals surface area contributed by atoms with Gasteiger partial charge in [-0.2, -0.15) is 0 Å². The number of fused-ring (bicyclic) bond motifs is 2. The third-order valence-corrected chi connectivity index (χ3v) is 10.4. The molecule has 6 atom stereocenters. The first-order valence-corrected chi connectivity index (χ1v) is 17.9. The molecule has 49 heavy (non-hydrogen) atoms. The van der Waals surface area contributed by atoms with E-state index in [9.17, 15) is 33.9 Å². The van der Waals surface area contributed by atoms with Gasteiger partial charge in [-0.3, -0.25) is 28.8 Å². The van der Waals surface area contributed by atoms with E-state index in [-0.39, 0.29) is 37.6 Å². The van der Waals surface area contributed by atoms with Crippen LogP contribution in [0.3, 0.4) is 0 Å². The van der Waals surface area contributed by atoms with Crippen molar-refractivity contribution in [3.05, 3.63) is 57.3 Å². The Balaban J connectivity index is 1.43. The molecule has 0 spiro atoms. The molecule has 5 rings (SSSR count). The van der Waals surface area contributed by atoms with Crippen LogP contribution < -0.4 is 26.6 Å². The first kappa shape index (κ1) is 36.0. The van der Waals surface area contributed by atoms with E-state index in [1.165, 1.54) is 16.7 Å². The summed E-state index contributed by atoms with van der Waals surface area (Å²) >= 11 is 1.56. The maximum Gasteiger partial charge on any atom is 0.252 e. The van der Waals surface area contributed by atoms with Gasteiger partial charge in [0.1, 0.15) is 24.2 Å². The van der Waals surface area contributed by atoms with Crippen molar-refractivity contribution in [3.8, 4) is 0 Å². The molecule has 0 radical (unpaired) electrons. The highest BCUT2D eigenvalue weighted by atomic mass is 32.1. The van der Waals surface area contributed by atoms with Crippen molar-refractivity contribution in [2.24, 2.45) is 5.92 Å². The topological polar surface area (TPSA) is 186 Å². The second kappa shape index (κ2) is 15.9. The second-order valence-electron chi connectivity index (χ2n) is 13.6. The van der Waals surface area contributed by atoms with Gasteiger partial charge in [-0.1, -0.05) is 44.2 Å². The van der Waals surface area contributed by atoms with Gasteiger partial charge in [-0.05, 0) is 62.5 Å². The summed E-state index contributed by atoms with van der Waals surface area (Å²) in [5, 5.41) is 26.0. The Hall–Kier alpha value is -4.30. The third-order valence-electron chi connectivity index (χ3n) is 9.34. The number of hydrogen-bond donors (Lipinski definition) is 6. The molecule has 6 amide bonds. The zero-order valence-corrected chi connectivity index (χ0v) is 28.9. The molecule has 3 heterocycles. The number of aliphatic hydroxyl groups is 1. The number of benzene rings is 1. The van der Waals surface area contributed by atoms with Crippen molar-refractivity contribution in [3.63, 3.8) is 0 Å². The molecule has 2 saturated heterocycles. The van der Waals surface area contributed by atoms with Gasteiger partial charge < -0.3 is 36.6 Å². The van der Waals surface area contributed by atoms with Gasteiger partial charge in [-0.25, -0.2) is 0 Å². The van der Waals surface area contributed by atoms with Crippen LogP contribution in [0.1, 0.15) is 85.3 Å². The monoisotopic (exact) mass is 694 g/mol. The van der Waals surface area contributed by atoms with Gasteiger partial charge in [0.2, 0.25) is 29.5 Å². The van der Waals surface area contributed by atoms with Crippen molar-refractivity contribution in [1.29, 1.82) is 0 Å². The maximum atomic E-state index is 13.9. The molecule has 0 unspecified atom stereocenters. The van der Waals surface area contributed by atoms with E-state index in [4.69, 9.17) is 0 Å². The molecule has 13 nitrogen and oxygen atoms in total. The Morgan fingerprint density at radius 1 is 0.959 bits per heavy atom. The molecule has 3 aliphatic rings. The molecule has 14 heteroatoms. The number of thiophene rings is 1. The summed E-state index contributed by atoms with van der Waals surface area (Å²) in [6, 6.07) is 2.95. The Morgan fingerprint density at radius 2 is 1.69 bits per heavy atom. The smallest absolute Gasteiger partial charge is 0.252 e. The van der Waals surface area contributed by atoms with E-state index in [0.717, 1.165) is 31.2 Å². The molecule has 0 bridgehead atoms. The number of rotatable bonds is 6. The zero-order valence-electron chi connectivity index (χ0n) is 28.1. The van der Waals surface area contributed by atoms with Gasteiger partial charge in [0.05, 0.1) is 24.6 Å². The van der Waals surface area contributed by atoms with Crippen LogP contribution in [0.25, 0.3) is 0 Å². The van der Waals surface area contributed by atoms with E-state index in [2.05, 4.69) is 26.6 Å². The summed E-state index contributed by atoms with van der Waals surface area (Å²) in [7, 11) is 0. The molecule has 264 valence electrons. The van der Waals surface area contributed by atoms with Crippen LogP contribution in [0.5, 0.6) is 0 Å². The largest absolute Gasteiger partial charge is 0.394 e. The van der Waals surface area contributed by atoms with Gasteiger partial charge in [0.25, 0.3) is 5.91 Å². The molecule has 1 aliphatic carbocycles. The first-order chi connectivity index (χ1) is 23.4. The van der Waals surface area contributed by atoms with Crippen LogP contribution in [0.15, 0.2) is 35.7 Å². The number of nitrogens with one attached hydrogen (secondary N) is 5. The highest BCUT2D eigenvalue weighted by Gasteiger charge is 2.44. The Labute approximate surface area is 290 Å². The average molecular weight is 695 g/mol. The van der Waals surface area contributed by atoms with Gasteiger partial charge >= 0.3 is 0 Å². The molecule has 1 aromatic carbocycles. The van der Waals surface area contributed by atoms with Crippen molar-refractivity contribution in [1.82, 2.24) is 31.5 Å². The molecule has 2 aromatic rings. The molecular formula is C35H46N6O7S. The van der Waals surface area contributed by atoms with Crippen LogP contribution in [0.4, 0.5) is 0 Å². The highest BCUT2D eigenvalue weighted by Crippen LogP contribution is 2.31. The summed E-state index contributed by atoms with van der Waals surface area (Å²) in [6.45, 7) is 4.47. The summed E-state index contributed by atoms with van der Waals surface area (Å²) in [4.78, 5) is 83.9. The normalized spacial score (nSPS) is 27.0. The molecule has 2 fully saturated rings. The maximum absolute atomic E-state index is 13.9. The minimum atomic E-state index is -1.42. The summed E-state index contributed by atoms with van der Waals surface area (Å²) in [6.07, 6.45) is 3.98. The predicted molar refractivity (Wildman–Crippen MR) is 182 cm³/mol. The summed E-state index contributed by atoms with van der Waals surface area (Å²) in [5.41, 5.74) is 2.31. The number of aryl methyl sites for hydroxylation is 1. The van der Waals surface area contributed by atoms with E-state index < -0.39 is 72.4 Å². The summed E-state index contributed by atoms with van der Waals surface area (Å²) in [5.74, 6) is -3.35. The van der Waals surface area contributed by atoms with Gasteiger partial charge in [0, 0.05) is 22.8 Å².